The lowest BCUT2D eigenvalue weighted by Gasteiger charge is -2.34. The lowest BCUT2D eigenvalue weighted by molar-refractivity contribution is 0.0694. The molecule has 2 aromatic carbocycles. The molecule has 1 N–H and O–H groups in total. The molecule has 0 saturated carbocycles. The standard InChI is InChI=1S/C19H19N3O2S/c23-18(24)15-6-2-1-5-14(15)13-21-9-11-22(12-10-21)19-20-16-7-3-4-8-17(16)25-19/h1-8H,9-13H2,(H,23,24). The number of aromatic nitrogens is 1. The van der Waals surface area contributed by atoms with Crippen molar-refractivity contribution in [3.8, 4) is 0 Å². The molecule has 25 heavy (non-hydrogen) atoms. The number of aromatic carboxylic acids is 1. The predicted octanol–water partition coefficient (Wildman–Crippen LogP) is 3.32. The summed E-state index contributed by atoms with van der Waals surface area (Å²) in [6.45, 7) is 4.31. The van der Waals surface area contributed by atoms with Gasteiger partial charge < -0.3 is 10.0 Å². The smallest absolute Gasteiger partial charge is 0.336 e. The van der Waals surface area contributed by atoms with E-state index in [4.69, 9.17) is 4.98 Å². The van der Waals surface area contributed by atoms with Gasteiger partial charge in [-0.05, 0) is 23.8 Å². The van der Waals surface area contributed by atoms with Crippen molar-refractivity contribution >= 4 is 32.7 Å². The zero-order chi connectivity index (χ0) is 17.2. The minimum atomic E-state index is -0.858. The van der Waals surface area contributed by atoms with Crippen LogP contribution in [0.1, 0.15) is 15.9 Å². The molecule has 1 saturated heterocycles. The topological polar surface area (TPSA) is 56.7 Å². The molecule has 0 bridgehead atoms. The SMILES string of the molecule is O=C(O)c1ccccc1CN1CCN(c2nc3ccccc3s2)CC1. The summed E-state index contributed by atoms with van der Waals surface area (Å²) in [5.41, 5.74) is 2.33. The molecule has 1 aromatic heterocycles. The molecule has 0 unspecified atom stereocenters. The fourth-order valence-electron chi connectivity index (χ4n) is 3.20. The number of carboxylic acid groups (broad SMARTS) is 1. The van der Waals surface area contributed by atoms with Crippen molar-refractivity contribution in [3.63, 3.8) is 0 Å². The number of piperazine rings is 1. The Morgan fingerprint density at radius 3 is 2.52 bits per heavy atom. The van der Waals surface area contributed by atoms with Gasteiger partial charge >= 0.3 is 5.97 Å². The first-order chi connectivity index (χ1) is 12.2. The van der Waals surface area contributed by atoms with Gasteiger partial charge in [0.05, 0.1) is 15.8 Å². The summed E-state index contributed by atoms with van der Waals surface area (Å²) in [6.07, 6.45) is 0. The quantitative estimate of drug-likeness (QED) is 0.780. The van der Waals surface area contributed by atoms with Crippen LogP contribution in [-0.2, 0) is 6.54 Å². The number of fused-ring (bicyclic) bond motifs is 1. The first kappa shape index (κ1) is 16.1. The van der Waals surface area contributed by atoms with E-state index in [0.29, 0.717) is 12.1 Å². The van der Waals surface area contributed by atoms with Crippen LogP contribution >= 0.6 is 11.3 Å². The van der Waals surface area contributed by atoms with Crippen molar-refractivity contribution in [2.24, 2.45) is 0 Å². The van der Waals surface area contributed by atoms with Crippen molar-refractivity contribution in [1.29, 1.82) is 0 Å². The highest BCUT2D eigenvalue weighted by atomic mass is 32.1. The Bertz CT molecular complexity index is 867. The third kappa shape index (κ3) is 3.36. The maximum Gasteiger partial charge on any atom is 0.336 e. The summed E-state index contributed by atoms with van der Waals surface area (Å²) in [6, 6.07) is 15.5. The molecule has 0 atom stereocenters. The van der Waals surface area contributed by atoms with E-state index in [9.17, 15) is 9.90 Å². The minimum Gasteiger partial charge on any atom is -0.478 e. The molecule has 1 fully saturated rings. The summed E-state index contributed by atoms with van der Waals surface area (Å²) in [7, 11) is 0. The van der Waals surface area contributed by atoms with Gasteiger partial charge in [-0.2, -0.15) is 0 Å². The predicted molar refractivity (Wildman–Crippen MR) is 101 cm³/mol. The van der Waals surface area contributed by atoms with Crippen molar-refractivity contribution in [1.82, 2.24) is 9.88 Å². The van der Waals surface area contributed by atoms with E-state index in [2.05, 4.69) is 21.9 Å². The van der Waals surface area contributed by atoms with Crippen molar-refractivity contribution in [3.05, 3.63) is 59.7 Å². The van der Waals surface area contributed by atoms with E-state index >= 15 is 0 Å². The number of anilines is 1. The van der Waals surface area contributed by atoms with Gasteiger partial charge in [-0.15, -0.1) is 0 Å². The summed E-state index contributed by atoms with van der Waals surface area (Å²) in [4.78, 5) is 20.7. The number of benzene rings is 2. The summed E-state index contributed by atoms with van der Waals surface area (Å²) >= 11 is 1.73. The Morgan fingerprint density at radius 1 is 1.04 bits per heavy atom. The average Bonchev–Trinajstić information content (AvgIpc) is 3.07. The normalized spacial score (nSPS) is 15.6. The second-order valence-corrected chi connectivity index (χ2v) is 7.20. The fraction of sp³-hybridized carbons (Fsp3) is 0.263. The van der Waals surface area contributed by atoms with Crippen LogP contribution in [0.5, 0.6) is 0 Å². The van der Waals surface area contributed by atoms with Gasteiger partial charge in [0, 0.05) is 32.7 Å². The Hall–Kier alpha value is -2.44. The Kier molecular flexibility index (Phi) is 4.38. The molecule has 3 aromatic rings. The van der Waals surface area contributed by atoms with Gasteiger partial charge in [-0.3, -0.25) is 4.90 Å². The number of carbonyl (C=O) groups is 1. The Labute approximate surface area is 150 Å². The minimum absolute atomic E-state index is 0.399. The highest BCUT2D eigenvalue weighted by Gasteiger charge is 2.21. The van der Waals surface area contributed by atoms with E-state index in [1.54, 1.807) is 23.5 Å². The second-order valence-electron chi connectivity index (χ2n) is 6.19. The molecule has 1 aliphatic heterocycles. The molecule has 2 heterocycles. The lowest BCUT2D eigenvalue weighted by Crippen LogP contribution is -2.46. The van der Waals surface area contributed by atoms with Crippen molar-refractivity contribution < 1.29 is 9.90 Å². The number of carboxylic acids is 1. The molecule has 4 rings (SSSR count). The van der Waals surface area contributed by atoms with E-state index in [1.807, 2.05) is 24.3 Å². The maximum atomic E-state index is 11.4. The largest absolute Gasteiger partial charge is 0.478 e. The Morgan fingerprint density at radius 2 is 1.76 bits per heavy atom. The third-order valence-corrected chi connectivity index (χ3v) is 5.66. The van der Waals surface area contributed by atoms with Crippen molar-refractivity contribution in [2.75, 3.05) is 31.1 Å². The molecular weight excluding hydrogens is 334 g/mol. The van der Waals surface area contributed by atoms with E-state index < -0.39 is 5.97 Å². The third-order valence-electron chi connectivity index (χ3n) is 4.57. The van der Waals surface area contributed by atoms with Gasteiger partial charge in [0.2, 0.25) is 0 Å². The molecule has 0 amide bonds. The van der Waals surface area contributed by atoms with Gasteiger partial charge in [-0.25, -0.2) is 9.78 Å². The van der Waals surface area contributed by atoms with E-state index in [-0.39, 0.29) is 0 Å². The average molecular weight is 353 g/mol. The summed E-state index contributed by atoms with van der Waals surface area (Å²) in [5.74, 6) is -0.858. The van der Waals surface area contributed by atoms with Crippen LogP contribution in [0.2, 0.25) is 0 Å². The number of hydrogen-bond acceptors (Lipinski definition) is 5. The number of hydrogen-bond donors (Lipinski definition) is 1. The van der Waals surface area contributed by atoms with Gasteiger partial charge in [0.15, 0.2) is 5.13 Å². The van der Waals surface area contributed by atoms with Gasteiger partial charge in [-0.1, -0.05) is 41.7 Å². The van der Waals surface area contributed by atoms with Crippen LogP contribution in [0.4, 0.5) is 5.13 Å². The molecule has 128 valence electrons. The maximum absolute atomic E-state index is 11.4. The molecule has 1 aliphatic rings. The lowest BCUT2D eigenvalue weighted by atomic mass is 10.1. The molecule has 6 heteroatoms. The van der Waals surface area contributed by atoms with Crippen LogP contribution in [0.15, 0.2) is 48.5 Å². The number of para-hydroxylation sites is 1. The Balaban J connectivity index is 1.42. The van der Waals surface area contributed by atoms with E-state index in [1.165, 1.54) is 4.70 Å². The monoisotopic (exact) mass is 353 g/mol. The highest BCUT2D eigenvalue weighted by Crippen LogP contribution is 2.29. The fourth-order valence-corrected chi connectivity index (χ4v) is 4.22. The molecule has 0 radical (unpaired) electrons. The molecule has 0 spiro atoms. The van der Waals surface area contributed by atoms with Crippen LogP contribution < -0.4 is 4.90 Å². The number of thiazole rings is 1. The molecule has 5 nitrogen and oxygen atoms in total. The van der Waals surface area contributed by atoms with Crippen molar-refractivity contribution in [2.45, 2.75) is 6.54 Å². The van der Waals surface area contributed by atoms with Crippen LogP contribution in [0.3, 0.4) is 0 Å². The first-order valence-corrected chi connectivity index (χ1v) is 9.16. The first-order valence-electron chi connectivity index (χ1n) is 8.35. The van der Waals surface area contributed by atoms with Crippen LogP contribution in [0.25, 0.3) is 10.2 Å². The zero-order valence-electron chi connectivity index (χ0n) is 13.8. The second kappa shape index (κ2) is 6.82. The van der Waals surface area contributed by atoms with Crippen LogP contribution in [-0.4, -0.2) is 47.1 Å². The molecular formula is C19H19N3O2S. The number of nitrogens with zero attached hydrogens (tertiary/aromatic N) is 3. The summed E-state index contributed by atoms with van der Waals surface area (Å²) < 4.78 is 1.22. The van der Waals surface area contributed by atoms with Gasteiger partial charge in [0.1, 0.15) is 0 Å². The molecule has 0 aliphatic carbocycles. The van der Waals surface area contributed by atoms with E-state index in [0.717, 1.165) is 42.4 Å². The number of rotatable bonds is 4. The summed E-state index contributed by atoms with van der Waals surface area (Å²) in [5, 5.41) is 10.4. The van der Waals surface area contributed by atoms with Gasteiger partial charge in [0.25, 0.3) is 0 Å². The zero-order valence-corrected chi connectivity index (χ0v) is 14.6. The highest BCUT2D eigenvalue weighted by molar-refractivity contribution is 7.22. The van der Waals surface area contributed by atoms with Crippen LogP contribution in [0, 0.1) is 0 Å².